The second-order valence-corrected chi connectivity index (χ2v) is 7.14. The minimum Gasteiger partial charge on any atom is -0.497 e. The SMILES string of the molecule is COc1ccc(-c2nn(CN(C)CCOc3cccc(C)c3)c(=S)n2C)cc1. The van der Waals surface area contributed by atoms with E-state index in [9.17, 15) is 0 Å². The van der Waals surface area contributed by atoms with Gasteiger partial charge in [0.05, 0.1) is 13.8 Å². The van der Waals surface area contributed by atoms with Crippen LogP contribution in [0.3, 0.4) is 0 Å². The molecule has 28 heavy (non-hydrogen) atoms. The molecule has 0 radical (unpaired) electrons. The molecule has 0 atom stereocenters. The van der Waals surface area contributed by atoms with E-state index in [1.165, 1.54) is 5.56 Å². The number of hydrogen-bond donors (Lipinski definition) is 0. The van der Waals surface area contributed by atoms with Gasteiger partial charge in [-0.3, -0.25) is 4.90 Å². The van der Waals surface area contributed by atoms with Crippen molar-refractivity contribution in [2.45, 2.75) is 13.6 Å². The molecule has 3 aromatic rings. The first kappa shape index (κ1) is 20.1. The fourth-order valence-electron chi connectivity index (χ4n) is 2.90. The molecule has 0 unspecified atom stereocenters. The van der Waals surface area contributed by atoms with Crippen LogP contribution in [0.25, 0.3) is 11.4 Å². The Hall–Kier alpha value is -2.64. The highest BCUT2D eigenvalue weighted by Crippen LogP contribution is 2.21. The highest BCUT2D eigenvalue weighted by Gasteiger charge is 2.11. The van der Waals surface area contributed by atoms with E-state index < -0.39 is 0 Å². The van der Waals surface area contributed by atoms with Crippen LogP contribution in [0.2, 0.25) is 0 Å². The molecule has 148 valence electrons. The third-order valence-corrected chi connectivity index (χ3v) is 4.98. The van der Waals surface area contributed by atoms with Crippen molar-refractivity contribution in [2.75, 3.05) is 27.3 Å². The number of likely N-dealkylation sites (N-methyl/N-ethyl adjacent to an activating group) is 1. The predicted molar refractivity (Wildman–Crippen MR) is 113 cm³/mol. The zero-order valence-electron chi connectivity index (χ0n) is 16.8. The maximum absolute atomic E-state index is 5.83. The molecule has 0 bridgehead atoms. The second-order valence-electron chi connectivity index (χ2n) is 6.78. The Morgan fingerprint density at radius 1 is 1.11 bits per heavy atom. The quantitative estimate of drug-likeness (QED) is 0.539. The number of methoxy groups -OCH3 is 1. The van der Waals surface area contributed by atoms with Crippen LogP contribution in [0.5, 0.6) is 11.5 Å². The van der Waals surface area contributed by atoms with Crippen LogP contribution in [0, 0.1) is 11.7 Å². The average molecular weight is 399 g/mol. The summed E-state index contributed by atoms with van der Waals surface area (Å²) >= 11 is 5.57. The van der Waals surface area contributed by atoms with E-state index in [2.05, 4.69) is 17.9 Å². The van der Waals surface area contributed by atoms with E-state index in [0.29, 0.717) is 18.0 Å². The Balaban J connectivity index is 1.62. The fraction of sp³-hybridized carbons (Fsp3) is 0.333. The van der Waals surface area contributed by atoms with E-state index in [0.717, 1.165) is 29.4 Å². The van der Waals surface area contributed by atoms with Crippen LogP contribution in [0.1, 0.15) is 5.56 Å². The summed E-state index contributed by atoms with van der Waals surface area (Å²) in [6, 6.07) is 15.9. The molecule has 0 spiro atoms. The molecule has 6 nitrogen and oxygen atoms in total. The molecule has 0 aliphatic heterocycles. The molecule has 1 heterocycles. The van der Waals surface area contributed by atoms with Gasteiger partial charge in [-0.2, -0.15) is 5.10 Å². The number of aryl methyl sites for hydroxylation is 1. The summed E-state index contributed by atoms with van der Waals surface area (Å²) in [5.41, 5.74) is 2.19. The van der Waals surface area contributed by atoms with Gasteiger partial charge in [-0.25, -0.2) is 4.68 Å². The van der Waals surface area contributed by atoms with Gasteiger partial charge in [0, 0.05) is 19.2 Å². The van der Waals surface area contributed by atoms with E-state index in [4.69, 9.17) is 26.8 Å². The Kier molecular flexibility index (Phi) is 6.49. The van der Waals surface area contributed by atoms with Crippen molar-refractivity contribution >= 4 is 12.2 Å². The van der Waals surface area contributed by atoms with Crippen molar-refractivity contribution < 1.29 is 9.47 Å². The molecule has 1 aromatic heterocycles. The number of hydrogen-bond acceptors (Lipinski definition) is 5. The molecule has 0 fully saturated rings. The van der Waals surface area contributed by atoms with Crippen molar-refractivity contribution in [1.29, 1.82) is 0 Å². The van der Waals surface area contributed by atoms with Gasteiger partial charge < -0.3 is 14.0 Å². The van der Waals surface area contributed by atoms with Crippen LogP contribution in [-0.4, -0.2) is 46.6 Å². The third kappa shape index (κ3) is 4.79. The average Bonchev–Trinajstić information content (AvgIpc) is 2.96. The van der Waals surface area contributed by atoms with Crippen LogP contribution < -0.4 is 9.47 Å². The molecule has 0 amide bonds. The first-order chi connectivity index (χ1) is 13.5. The summed E-state index contributed by atoms with van der Waals surface area (Å²) in [7, 11) is 5.62. The Morgan fingerprint density at radius 3 is 2.54 bits per heavy atom. The first-order valence-corrected chi connectivity index (χ1v) is 9.55. The van der Waals surface area contributed by atoms with Crippen molar-refractivity contribution in [3.63, 3.8) is 0 Å². The topological polar surface area (TPSA) is 44.4 Å². The van der Waals surface area contributed by atoms with Crippen molar-refractivity contribution in [3.8, 4) is 22.9 Å². The monoisotopic (exact) mass is 398 g/mol. The molecule has 3 rings (SSSR count). The predicted octanol–water partition coefficient (Wildman–Crippen LogP) is 3.90. The summed E-state index contributed by atoms with van der Waals surface area (Å²) in [6.07, 6.45) is 0. The summed E-state index contributed by atoms with van der Waals surface area (Å²) in [4.78, 5) is 2.14. The standard InChI is InChI=1S/C21H26N4O2S/c1-16-6-5-7-19(14-16)27-13-12-23(2)15-25-21(28)24(3)20(22-25)17-8-10-18(26-4)11-9-17/h5-11,14H,12-13,15H2,1-4H3. The molecule has 0 saturated heterocycles. The van der Waals surface area contributed by atoms with Gasteiger partial charge in [-0.05, 0) is 68.2 Å². The van der Waals surface area contributed by atoms with Gasteiger partial charge in [-0.15, -0.1) is 0 Å². The van der Waals surface area contributed by atoms with Gasteiger partial charge in [0.25, 0.3) is 0 Å². The lowest BCUT2D eigenvalue weighted by Crippen LogP contribution is -2.27. The smallest absolute Gasteiger partial charge is 0.199 e. The zero-order chi connectivity index (χ0) is 20.1. The molecule has 2 aromatic carbocycles. The molecule has 0 N–H and O–H groups in total. The van der Waals surface area contributed by atoms with Crippen LogP contribution in [-0.2, 0) is 13.7 Å². The van der Waals surface area contributed by atoms with Crippen molar-refractivity contribution in [1.82, 2.24) is 19.2 Å². The van der Waals surface area contributed by atoms with Crippen LogP contribution >= 0.6 is 12.2 Å². The number of nitrogens with zero attached hydrogens (tertiary/aromatic N) is 4. The van der Waals surface area contributed by atoms with Gasteiger partial charge in [0.2, 0.25) is 0 Å². The minimum atomic E-state index is 0.597. The maximum Gasteiger partial charge on any atom is 0.199 e. The van der Waals surface area contributed by atoms with Crippen LogP contribution in [0.15, 0.2) is 48.5 Å². The Morgan fingerprint density at radius 2 is 1.86 bits per heavy atom. The molecule has 0 aliphatic rings. The number of aromatic nitrogens is 3. The molecule has 0 saturated carbocycles. The fourth-order valence-corrected chi connectivity index (χ4v) is 3.08. The second kappa shape index (κ2) is 9.03. The summed E-state index contributed by atoms with van der Waals surface area (Å²) in [6.45, 7) is 4.03. The summed E-state index contributed by atoms with van der Waals surface area (Å²) in [5, 5.41) is 4.71. The minimum absolute atomic E-state index is 0.597. The van der Waals surface area contributed by atoms with Crippen molar-refractivity contribution in [3.05, 3.63) is 58.9 Å². The summed E-state index contributed by atoms with van der Waals surface area (Å²) < 4.78 is 15.5. The van der Waals surface area contributed by atoms with Gasteiger partial charge in [0.1, 0.15) is 18.1 Å². The molecular weight excluding hydrogens is 372 g/mol. The maximum atomic E-state index is 5.83. The highest BCUT2D eigenvalue weighted by molar-refractivity contribution is 7.71. The van der Waals surface area contributed by atoms with Gasteiger partial charge >= 0.3 is 0 Å². The van der Waals surface area contributed by atoms with Crippen molar-refractivity contribution in [2.24, 2.45) is 7.05 Å². The Bertz CT molecular complexity index is 979. The summed E-state index contributed by atoms with van der Waals surface area (Å²) in [5.74, 6) is 2.54. The largest absolute Gasteiger partial charge is 0.497 e. The van der Waals surface area contributed by atoms with E-state index >= 15 is 0 Å². The van der Waals surface area contributed by atoms with Gasteiger partial charge in [-0.1, -0.05) is 12.1 Å². The number of benzene rings is 2. The van der Waals surface area contributed by atoms with E-state index in [1.54, 1.807) is 7.11 Å². The molecular formula is C21H26N4O2S. The normalized spacial score (nSPS) is 11.0. The first-order valence-electron chi connectivity index (χ1n) is 9.14. The lowest BCUT2D eigenvalue weighted by molar-refractivity contribution is 0.198. The zero-order valence-corrected chi connectivity index (χ0v) is 17.6. The third-order valence-electron chi connectivity index (χ3n) is 4.50. The lowest BCUT2D eigenvalue weighted by atomic mass is 10.2. The Labute approximate surface area is 170 Å². The van der Waals surface area contributed by atoms with Crippen LogP contribution in [0.4, 0.5) is 0 Å². The number of rotatable bonds is 8. The number of ether oxygens (including phenoxy) is 2. The van der Waals surface area contributed by atoms with E-state index in [1.807, 2.05) is 65.8 Å². The van der Waals surface area contributed by atoms with E-state index in [-0.39, 0.29) is 0 Å². The molecule has 0 aliphatic carbocycles. The van der Waals surface area contributed by atoms with Gasteiger partial charge in [0.15, 0.2) is 10.6 Å². The lowest BCUT2D eigenvalue weighted by Gasteiger charge is -2.16. The highest BCUT2D eigenvalue weighted by atomic mass is 32.1. The molecule has 7 heteroatoms.